The monoisotopic (exact) mass is 282 g/mol. The number of nitriles is 1. The van der Waals surface area contributed by atoms with Crippen LogP contribution >= 0.6 is 0 Å². The summed E-state index contributed by atoms with van der Waals surface area (Å²) in [5, 5.41) is 8.81. The van der Waals surface area contributed by atoms with Gasteiger partial charge in [0.15, 0.2) is 0 Å². The first-order valence-electron chi connectivity index (χ1n) is 6.69. The number of hydrogen-bond acceptors (Lipinski definition) is 2. The van der Waals surface area contributed by atoms with Crippen LogP contribution in [0.3, 0.4) is 0 Å². The van der Waals surface area contributed by atoms with Crippen molar-refractivity contribution in [3.8, 4) is 6.07 Å². The minimum atomic E-state index is -4.06. The minimum absolute atomic E-state index is 0.179. The molecule has 0 N–H and O–H groups in total. The SMILES string of the molecule is Cc1cc(C#N)ccc1CN1CCC(C(F)(F)F)CC1. The average molecular weight is 282 g/mol. The Morgan fingerprint density at radius 1 is 1.30 bits per heavy atom. The van der Waals surface area contributed by atoms with E-state index in [0.29, 0.717) is 25.2 Å². The summed E-state index contributed by atoms with van der Waals surface area (Å²) in [7, 11) is 0. The van der Waals surface area contributed by atoms with Crippen LogP contribution < -0.4 is 0 Å². The van der Waals surface area contributed by atoms with Gasteiger partial charge in [-0.2, -0.15) is 18.4 Å². The third-order valence-corrected chi connectivity index (χ3v) is 3.92. The molecule has 1 aliphatic rings. The molecule has 0 amide bonds. The van der Waals surface area contributed by atoms with E-state index in [0.717, 1.165) is 11.1 Å². The zero-order valence-corrected chi connectivity index (χ0v) is 11.4. The molecule has 0 atom stereocenters. The Labute approximate surface area is 116 Å². The first kappa shape index (κ1) is 14.9. The van der Waals surface area contributed by atoms with Crippen molar-refractivity contribution >= 4 is 0 Å². The second-order valence-electron chi connectivity index (χ2n) is 5.35. The molecule has 20 heavy (non-hydrogen) atoms. The molecule has 5 heteroatoms. The standard InChI is InChI=1S/C15H17F3N2/c1-11-8-12(9-19)2-3-13(11)10-20-6-4-14(5-7-20)15(16,17)18/h2-3,8,14H,4-7,10H2,1H3. The van der Waals surface area contributed by atoms with E-state index in [2.05, 4.69) is 11.0 Å². The van der Waals surface area contributed by atoms with E-state index in [1.54, 1.807) is 6.07 Å². The quantitative estimate of drug-likeness (QED) is 0.828. The van der Waals surface area contributed by atoms with Crippen LogP contribution in [0.25, 0.3) is 0 Å². The lowest BCUT2D eigenvalue weighted by molar-refractivity contribution is -0.185. The number of hydrogen-bond donors (Lipinski definition) is 0. The van der Waals surface area contributed by atoms with Crippen LogP contribution in [0.15, 0.2) is 18.2 Å². The molecule has 0 unspecified atom stereocenters. The Morgan fingerprint density at radius 2 is 1.95 bits per heavy atom. The van der Waals surface area contributed by atoms with E-state index < -0.39 is 12.1 Å². The third-order valence-electron chi connectivity index (χ3n) is 3.92. The molecule has 0 aromatic heterocycles. The Balaban J connectivity index is 1.95. The van der Waals surface area contributed by atoms with Crippen LogP contribution in [0.1, 0.15) is 29.5 Å². The summed E-state index contributed by atoms with van der Waals surface area (Å²) in [5.74, 6) is -1.15. The van der Waals surface area contributed by atoms with E-state index in [-0.39, 0.29) is 12.8 Å². The Morgan fingerprint density at radius 3 is 2.45 bits per heavy atom. The molecule has 1 fully saturated rings. The van der Waals surface area contributed by atoms with Crippen molar-refractivity contribution in [2.45, 2.75) is 32.5 Å². The Kier molecular flexibility index (Phi) is 4.34. The predicted molar refractivity (Wildman–Crippen MR) is 70.0 cm³/mol. The molecule has 0 aliphatic carbocycles. The summed E-state index contributed by atoms with van der Waals surface area (Å²) >= 11 is 0. The molecule has 2 nitrogen and oxygen atoms in total. The van der Waals surface area contributed by atoms with E-state index in [1.165, 1.54) is 0 Å². The largest absolute Gasteiger partial charge is 0.391 e. The molecular formula is C15H17F3N2. The molecule has 0 bridgehead atoms. The van der Waals surface area contributed by atoms with Gasteiger partial charge in [0.1, 0.15) is 0 Å². The lowest BCUT2D eigenvalue weighted by Gasteiger charge is -2.33. The highest BCUT2D eigenvalue weighted by Crippen LogP contribution is 2.34. The molecule has 108 valence electrons. The maximum absolute atomic E-state index is 12.6. The summed E-state index contributed by atoms with van der Waals surface area (Å²) < 4.78 is 37.8. The van der Waals surface area contributed by atoms with Gasteiger partial charge in [0.25, 0.3) is 0 Å². The van der Waals surface area contributed by atoms with Gasteiger partial charge < -0.3 is 0 Å². The number of piperidine rings is 1. The van der Waals surface area contributed by atoms with E-state index in [1.807, 2.05) is 19.1 Å². The second kappa shape index (κ2) is 5.84. The number of likely N-dealkylation sites (tertiary alicyclic amines) is 1. The van der Waals surface area contributed by atoms with Crippen LogP contribution in [0.2, 0.25) is 0 Å². The van der Waals surface area contributed by atoms with Crippen molar-refractivity contribution in [2.24, 2.45) is 5.92 Å². The number of rotatable bonds is 2. The molecule has 0 saturated carbocycles. The molecule has 1 aromatic carbocycles. The highest BCUT2D eigenvalue weighted by Gasteiger charge is 2.40. The van der Waals surface area contributed by atoms with Crippen molar-refractivity contribution in [3.63, 3.8) is 0 Å². The van der Waals surface area contributed by atoms with Crippen LogP contribution in [0.4, 0.5) is 13.2 Å². The maximum Gasteiger partial charge on any atom is 0.391 e. The van der Waals surface area contributed by atoms with Crippen molar-refractivity contribution < 1.29 is 13.2 Å². The lowest BCUT2D eigenvalue weighted by Crippen LogP contribution is -2.38. The topological polar surface area (TPSA) is 27.0 Å². The molecule has 2 rings (SSSR count). The van der Waals surface area contributed by atoms with Crippen LogP contribution in [0.5, 0.6) is 0 Å². The van der Waals surface area contributed by atoms with Crippen molar-refractivity contribution in [1.29, 1.82) is 5.26 Å². The number of aryl methyl sites for hydroxylation is 1. The molecule has 0 radical (unpaired) electrons. The van der Waals surface area contributed by atoms with Gasteiger partial charge in [-0.15, -0.1) is 0 Å². The van der Waals surface area contributed by atoms with Crippen molar-refractivity contribution in [2.75, 3.05) is 13.1 Å². The number of halogens is 3. The molecule has 0 spiro atoms. The highest BCUT2D eigenvalue weighted by atomic mass is 19.4. The van der Waals surface area contributed by atoms with Gasteiger partial charge in [-0.25, -0.2) is 0 Å². The predicted octanol–water partition coefficient (Wildman–Crippen LogP) is 3.64. The van der Waals surface area contributed by atoms with Crippen LogP contribution in [-0.4, -0.2) is 24.2 Å². The van der Waals surface area contributed by atoms with Gasteiger partial charge in [-0.3, -0.25) is 4.90 Å². The summed E-state index contributed by atoms with van der Waals surface area (Å²) in [6.07, 6.45) is -3.70. The number of alkyl halides is 3. The molecule has 1 aliphatic heterocycles. The number of benzene rings is 1. The Hall–Kier alpha value is -1.54. The fraction of sp³-hybridized carbons (Fsp3) is 0.533. The summed E-state index contributed by atoms with van der Waals surface area (Å²) in [4.78, 5) is 2.05. The molecule has 1 aromatic rings. The van der Waals surface area contributed by atoms with Gasteiger partial charge in [0.05, 0.1) is 17.6 Å². The lowest BCUT2D eigenvalue weighted by atomic mass is 9.95. The van der Waals surface area contributed by atoms with E-state index in [4.69, 9.17) is 5.26 Å². The first-order chi connectivity index (χ1) is 9.40. The highest BCUT2D eigenvalue weighted by molar-refractivity contribution is 5.37. The summed E-state index contributed by atoms with van der Waals surface area (Å²) in [5.41, 5.74) is 2.71. The number of nitrogens with zero attached hydrogens (tertiary/aromatic N) is 2. The molecule has 1 heterocycles. The summed E-state index contributed by atoms with van der Waals surface area (Å²) in [6.45, 7) is 3.54. The smallest absolute Gasteiger partial charge is 0.299 e. The Bertz CT molecular complexity index is 509. The van der Waals surface area contributed by atoms with E-state index in [9.17, 15) is 13.2 Å². The molecule has 1 saturated heterocycles. The first-order valence-corrected chi connectivity index (χ1v) is 6.69. The van der Waals surface area contributed by atoms with Gasteiger partial charge in [-0.1, -0.05) is 6.07 Å². The average Bonchev–Trinajstić information content (AvgIpc) is 2.40. The van der Waals surface area contributed by atoms with E-state index >= 15 is 0 Å². The van der Waals surface area contributed by atoms with Crippen molar-refractivity contribution in [3.05, 3.63) is 34.9 Å². The maximum atomic E-state index is 12.6. The zero-order valence-electron chi connectivity index (χ0n) is 11.4. The third kappa shape index (κ3) is 3.51. The van der Waals surface area contributed by atoms with Crippen LogP contribution in [0, 0.1) is 24.2 Å². The normalized spacial score (nSPS) is 17.9. The van der Waals surface area contributed by atoms with Crippen molar-refractivity contribution in [1.82, 2.24) is 4.90 Å². The molecular weight excluding hydrogens is 265 g/mol. The van der Waals surface area contributed by atoms with Gasteiger partial charge >= 0.3 is 6.18 Å². The van der Waals surface area contributed by atoms with Gasteiger partial charge in [-0.05, 0) is 56.1 Å². The van der Waals surface area contributed by atoms with Gasteiger partial charge in [0, 0.05) is 6.54 Å². The second-order valence-corrected chi connectivity index (χ2v) is 5.35. The van der Waals surface area contributed by atoms with Crippen LogP contribution in [-0.2, 0) is 6.54 Å². The minimum Gasteiger partial charge on any atom is -0.299 e. The fourth-order valence-electron chi connectivity index (χ4n) is 2.60. The summed E-state index contributed by atoms with van der Waals surface area (Å²) in [6, 6.07) is 7.55. The zero-order chi connectivity index (χ0) is 14.8. The van der Waals surface area contributed by atoms with Gasteiger partial charge in [0.2, 0.25) is 0 Å². The fourth-order valence-corrected chi connectivity index (χ4v) is 2.60.